The number of hydrogen-bond acceptors (Lipinski definition) is 3. The molecule has 0 aliphatic carbocycles. The van der Waals surface area contributed by atoms with E-state index < -0.39 is 11.7 Å². The van der Waals surface area contributed by atoms with Crippen LogP contribution in [0.5, 0.6) is 0 Å². The minimum absolute atomic E-state index is 0. The van der Waals surface area contributed by atoms with Gasteiger partial charge in [0.25, 0.3) is 0 Å². The molecule has 1 aliphatic heterocycles. The molecule has 23 heavy (non-hydrogen) atoms. The van der Waals surface area contributed by atoms with Gasteiger partial charge in [-0.2, -0.15) is 0 Å². The van der Waals surface area contributed by atoms with Gasteiger partial charge in [-0.1, -0.05) is 19.1 Å². The van der Waals surface area contributed by atoms with Crippen LogP contribution in [-0.4, -0.2) is 31.3 Å². The van der Waals surface area contributed by atoms with Crippen molar-refractivity contribution in [2.45, 2.75) is 26.2 Å². The Bertz CT molecular complexity index is 533. The van der Waals surface area contributed by atoms with Gasteiger partial charge in [-0.15, -0.1) is 12.4 Å². The van der Waals surface area contributed by atoms with Crippen molar-refractivity contribution in [3.8, 4) is 0 Å². The summed E-state index contributed by atoms with van der Waals surface area (Å²) in [5.41, 5.74) is 0.316. The van der Waals surface area contributed by atoms with Crippen LogP contribution in [0.2, 0.25) is 0 Å². The van der Waals surface area contributed by atoms with Gasteiger partial charge in [-0.25, -0.2) is 4.39 Å². The molecule has 1 heterocycles. The summed E-state index contributed by atoms with van der Waals surface area (Å²) >= 11 is 0. The maximum atomic E-state index is 13.1. The molecular weight excluding hydrogens is 319 g/mol. The van der Waals surface area contributed by atoms with Crippen LogP contribution in [0.1, 0.15) is 36.5 Å². The number of rotatable bonds is 6. The largest absolute Gasteiger partial charge is 0.356 e. The summed E-state index contributed by atoms with van der Waals surface area (Å²) < 4.78 is 13.1. The standard InChI is InChI=1S/C17H23FN2O2.ClH/c1-12(17(22)14-5-2-6-15(18)9-14)8-16(21)20-11-13-4-3-7-19-10-13;/h2,5-6,9,12-13,19H,3-4,7-8,10-11H2,1H3,(H,20,21);1H. The van der Waals surface area contributed by atoms with Crippen molar-refractivity contribution in [2.75, 3.05) is 19.6 Å². The Balaban J connectivity index is 0.00000264. The van der Waals surface area contributed by atoms with Crippen molar-refractivity contribution in [3.05, 3.63) is 35.6 Å². The number of amides is 1. The Morgan fingerprint density at radius 1 is 1.43 bits per heavy atom. The zero-order chi connectivity index (χ0) is 15.9. The summed E-state index contributed by atoms with van der Waals surface area (Å²) in [6, 6.07) is 5.59. The normalized spacial score (nSPS) is 18.6. The quantitative estimate of drug-likeness (QED) is 0.781. The SMILES string of the molecule is CC(CC(=O)NCC1CCCNC1)C(=O)c1cccc(F)c1.Cl. The van der Waals surface area contributed by atoms with Crippen molar-refractivity contribution >= 4 is 24.1 Å². The van der Waals surface area contributed by atoms with Gasteiger partial charge in [-0.05, 0) is 44.0 Å². The number of Topliss-reactive ketones (excluding diaryl/α,β-unsaturated/α-hetero) is 1. The van der Waals surface area contributed by atoms with Crippen molar-refractivity contribution in [1.29, 1.82) is 0 Å². The second-order valence-corrected chi connectivity index (χ2v) is 6.00. The Hall–Kier alpha value is -1.46. The number of carbonyl (C=O) groups excluding carboxylic acids is 2. The van der Waals surface area contributed by atoms with Gasteiger partial charge in [-0.3, -0.25) is 9.59 Å². The molecule has 6 heteroatoms. The topological polar surface area (TPSA) is 58.2 Å². The molecule has 0 spiro atoms. The first kappa shape index (κ1) is 19.6. The van der Waals surface area contributed by atoms with Crippen LogP contribution in [-0.2, 0) is 4.79 Å². The van der Waals surface area contributed by atoms with E-state index in [1.54, 1.807) is 13.0 Å². The molecule has 0 saturated carbocycles. The van der Waals surface area contributed by atoms with Gasteiger partial charge in [0, 0.05) is 24.4 Å². The number of benzene rings is 1. The van der Waals surface area contributed by atoms with Crippen molar-refractivity contribution in [1.82, 2.24) is 10.6 Å². The zero-order valence-electron chi connectivity index (χ0n) is 13.3. The first-order valence-corrected chi connectivity index (χ1v) is 7.83. The smallest absolute Gasteiger partial charge is 0.220 e. The summed E-state index contributed by atoms with van der Waals surface area (Å²) in [5, 5.41) is 6.20. The first-order valence-electron chi connectivity index (χ1n) is 7.83. The summed E-state index contributed by atoms with van der Waals surface area (Å²) in [6.07, 6.45) is 2.38. The van der Waals surface area contributed by atoms with Crippen LogP contribution in [0.4, 0.5) is 4.39 Å². The summed E-state index contributed by atoms with van der Waals surface area (Å²) in [7, 11) is 0. The third kappa shape index (κ3) is 6.28. The van der Waals surface area contributed by atoms with Crippen LogP contribution in [0.25, 0.3) is 0 Å². The highest BCUT2D eigenvalue weighted by atomic mass is 35.5. The number of hydrogen-bond donors (Lipinski definition) is 2. The molecule has 1 aromatic rings. The lowest BCUT2D eigenvalue weighted by Gasteiger charge is -2.23. The van der Waals surface area contributed by atoms with E-state index in [9.17, 15) is 14.0 Å². The number of halogens is 2. The Labute approximate surface area is 142 Å². The van der Waals surface area contributed by atoms with Gasteiger partial charge in [0.15, 0.2) is 5.78 Å². The van der Waals surface area contributed by atoms with Gasteiger partial charge >= 0.3 is 0 Å². The zero-order valence-corrected chi connectivity index (χ0v) is 14.1. The number of carbonyl (C=O) groups is 2. The van der Waals surface area contributed by atoms with E-state index in [4.69, 9.17) is 0 Å². The Morgan fingerprint density at radius 2 is 2.22 bits per heavy atom. The van der Waals surface area contributed by atoms with E-state index in [0.717, 1.165) is 25.9 Å². The predicted molar refractivity (Wildman–Crippen MR) is 90.4 cm³/mol. The molecule has 128 valence electrons. The Morgan fingerprint density at radius 3 is 2.87 bits per heavy atom. The lowest BCUT2D eigenvalue weighted by atomic mass is 9.95. The molecule has 0 radical (unpaired) electrons. The number of piperidine rings is 1. The molecule has 2 unspecified atom stereocenters. The highest BCUT2D eigenvalue weighted by Gasteiger charge is 2.20. The van der Waals surface area contributed by atoms with Crippen LogP contribution in [0.15, 0.2) is 24.3 Å². The molecule has 0 aromatic heterocycles. The molecule has 1 saturated heterocycles. The van der Waals surface area contributed by atoms with Gasteiger partial charge in [0.2, 0.25) is 5.91 Å². The maximum Gasteiger partial charge on any atom is 0.220 e. The van der Waals surface area contributed by atoms with Crippen molar-refractivity contribution in [3.63, 3.8) is 0 Å². The summed E-state index contributed by atoms with van der Waals surface area (Å²) in [5.74, 6) is -0.748. The molecule has 1 fully saturated rings. The molecule has 4 nitrogen and oxygen atoms in total. The fourth-order valence-corrected chi connectivity index (χ4v) is 2.73. The van der Waals surface area contributed by atoms with Crippen molar-refractivity contribution < 1.29 is 14.0 Å². The Kier molecular flexibility index (Phi) is 8.20. The van der Waals surface area contributed by atoms with E-state index in [-0.39, 0.29) is 30.5 Å². The highest BCUT2D eigenvalue weighted by molar-refractivity contribution is 5.99. The maximum absolute atomic E-state index is 13.1. The van der Waals surface area contributed by atoms with E-state index >= 15 is 0 Å². The average Bonchev–Trinajstić information content (AvgIpc) is 2.53. The van der Waals surface area contributed by atoms with E-state index in [0.29, 0.717) is 18.0 Å². The number of nitrogens with one attached hydrogen (secondary N) is 2. The number of ketones is 1. The van der Waals surface area contributed by atoms with Gasteiger partial charge in [0.1, 0.15) is 5.82 Å². The summed E-state index contributed by atoms with van der Waals surface area (Å²) in [6.45, 7) is 4.32. The molecule has 1 amide bonds. The van der Waals surface area contributed by atoms with Crippen molar-refractivity contribution in [2.24, 2.45) is 11.8 Å². The molecule has 0 bridgehead atoms. The first-order chi connectivity index (χ1) is 10.6. The van der Waals surface area contributed by atoms with Crippen LogP contribution >= 0.6 is 12.4 Å². The average molecular weight is 343 g/mol. The van der Waals surface area contributed by atoms with Crippen LogP contribution in [0.3, 0.4) is 0 Å². The van der Waals surface area contributed by atoms with Crippen LogP contribution in [0, 0.1) is 17.7 Å². The minimum atomic E-state index is -0.453. The van der Waals surface area contributed by atoms with Crippen LogP contribution < -0.4 is 10.6 Å². The molecular formula is C17H24ClFN2O2. The van der Waals surface area contributed by atoms with E-state index in [1.807, 2.05) is 0 Å². The van der Waals surface area contributed by atoms with E-state index in [1.165, 1.54) is 18.2 Å². The monoisotopic (exact) mass is 342 g/mol. The fourth-order valence-electron chi connectivity index (χ4n) is 2.73. The third-order valence-electron chi connectivity index (χ3n) is 4.04. The molecule has 2 rings (SSSR count). The molecule has 1 aromatic carbocycles. The predicted octanol–water partition coefficient (Wildman–Crippen LogP) is 2.57. The second-order valence-electron chi connectivity index (χ2n) is 6.00. The highest BCUT2D eigenvalue weighted by Crippen LogP contribution is 2.14. The van der Waals surface area contributed by atoms with Gasteiger partial charge < -0.3 is 10.6 Å². The minimum Gasteiger partial charge on any atom is -0.356 e. The summed E-state index contributed by atoms with van der Waals surface area (Å²) in [4.78, 5) is 24.1. The third-order valence-corrected chi connectivity index (χ3v) is 4.04. The van der Waals surface area contributed by atoms with E-state index in [2.05, 4.69) is 10.6 Å². The molecule has 2 N–H and O–H groups in total. The lowest BCUT2D eigenvalue weighted by molar-refractivity contribution is -0.121. The molecule has 1 aliphatic rings. The fraction of sp³-hybridized carbons (Fsp3) is 0.529. The molecule has 2 atom stereocenters. The second kappa shape index (κ2) is 9.63. The lowest BCUT2D eigenvalue weighted by Crippen LogP contribution is -2.38. The van der Waals surface area contributed by atoms with Gasteiger partial charge in [0.05, 0.1) is 0 Å².